The third-order valence-electron chi connectivity index (χ3n) is 2.46. The predicted octanol–water partition coefficient (Wildman–Crippen LogP) is 1.73. The molecule has 2 aromatic rings. The average molecular weight is 218 g/mol. The van der Waals surface area contributed by atoms with Gasteiger partial charge in [-0.15, -0.1) is 0 Å². The Morgan fingerprint density at radius 1 is 1.38 bits per heavy atom. The molecule has 0 radical (unpaired) electrons. The summed E-state index contributed by atoms with van der Waals surface area (Å²) in [5.41, 5.74) is 2.26. The predicted molar refractivity (Wildman–Crippen MR) is 62.3 cm³/mol. The highest BCUT2D eigenvalue weighted by Crippen LogP contribution is 2.13. The van der Waals surface area contributed by atoms with Gasteiger partial charge < -0.3 is 15.4 Å². The third kappa shape index (κ3) is 2.61. The van der Waals surface area contributed by atoms with Crippen molar-refractivity contribution in [3.8, 4) is 0 Å². The van der Waals surface area contributed by atoms with Crippen LogP contribution in [-0.2, 0) is 11.3 Å². The topological polar surface area (TPSA) is 65.1 Å². The first-order valence-electron chi connectivity index (χ1n) is 5.24. The lowest BCUT2D eigenvalue weighted by Crippen LogP contribution is -2.17. The normalized spacial score (nSPS) is 10.8. The number of hydrogen-bond donors (Lipinski definition) is 3. The fourth-order valence-electron chi connectivity index (χ4n) is 1.63. The van der Waals surface area contributed by atoms with Crippen molar-refractivity contribution in [3.05, 3.63) is 36.0 Å². The van der Waals surface area contributed by atoms with Crippen molar-refractivity contribution < 1.29 is 9.90 Å². The molecule has 0 atom stereocenters. The molecule has 0 unspecified atom stereocenters. The molecule has 3 N–H and O–H groups in total. The Morgan fingerprint density at radius 2 is 2.25 bits per heavy atom. The zero-order chi connectivity index (χ0) is 11.4. The van der Waals surface area contributed by atoms with Crippen LogP contribution in [0.15, 0.2) is 30.5 Å². The Labute approximate surface area is 93.3 Å². The van der Waals surface area contributed by atoms with Crippen LogP contribution >= 0.6 is 0 Å². The Morgan fingerprint density at radius 3 is 3.06 bits per heavy atom. The standard InChI is InChI=1S/C12H14N2O2/c15-12(16)4-5-13-8-9-1-2-10-3-6-14-11(10)7-9/h1-3,6-7,13-14H,4-5,8H2,(H,15,16). The second-order valence-electron chi connectivity index (χ2n) is 3.72. The van der Waals surface area contributed by atoms with E-state index in [0.29, 0.717) is 13.1 Å². The van der Waals surface area contributed by atoms with Gasteiger partial charge in [0.2, 0.25) is 0 Å². The number of aromatic amines is 1. The molecule has 0 aliphatic heterocycles. The number of aliphatic carboxylic acids is 1. The second kappa shape index (κ2) is 4.81. The minimum Gasteiger partial charge on any atom is -0.481 e. The van der Waals surface area contributed by atoms with Crippen molar-refractivity contribution in [2.45, 2.75) is 13.0 Å². The van der Waals surface area contributed by atoms with Crippen LogP contribution in [0.25, 0.3) is 10.9 Å². The van der Waals surface area contributed by atoms with Crippen LogP contribution in [-0.4, -0.2) is 22.6 Å². The van der Waals surface area contributed by atoms with Gasteiger partial charge >= 0.3 is 5.97 Å². The van der Waals surface area contributed by atoms with Gasteiger partial charge in [-0.1, -0.05) is 12.1 Å². The quantitative estimate of drug-likeness (QED) is 0.670. The molecule has 1 aromatic carbocycles. The van der Waals surface area contributed by atoms with Crippen LogP contribution < -0.4 is 5.32 Å². The van der Waals surface area contributed by atoms with Crippen molar-refractivity contribution in [1.29, 1.82) is 0 Å². The number of fused-ring (bicyclic) bond motifs is 1. The number of rotatable bonds is 5. The molecule has 0 saturated carbocycles. The first-order chi connectivity index (χ1) is 7.75. The second-order valence-corrected chi connectivity index (χ2v) is 3.72. The number of carboxylic acids is 1. The van der Waals surface area contributed by atoms with Crippen molar-refractivity contribution in [2.24, 2.45) is 0 Å². The van der Waals surface area contributed by atoms with E-state index in [0.717, 1.165) is 11.1 Å². The van der Waals surface area contributed by atoms with E-state index in [-0.39, 0.29) is 6.42 Å². The fraction of sp³-hybridized carbons (Fsp3) is 0.250. The van der Waals surface area contributed by atoms with Crippen LogP contribution in [0.4, 0.5) is 0 Å². The summed E-state index contributed by atoms with van der Waals surface area (Å²) in [6, 6.07) is 8.20. The molecule has 0 amide bonds. The maximum atomic E-state index is 10.3. The summed E-state index contributed by atoms with van der Waals surface area (Å²) in [5, 5.41) is 12.8. The molecule has 0 aliphatic carbocycles. The van der Waals surface area contributed by atoms with Crippen molar-refractivity contribution in [1.82, 2.24) is 10.3 Å². The van der Waals surface area contributed by atoms with E-state index in [2.05, 4.69) is 22.4 Å². The molecule has 1 aromatic heterocycles. The molecule has 2 rings (SSSR count). The van der Waals surface area contributed by atoms with Crippen LogP contribution in [0.5, 0.6) is 0 Å². The zero-order valence-electron chi connectivity index (χ0n) is 8.86. The van der Waals surface area contributed by atoms with Gasteiger partial charge in [0.1, 0.15) is 0 Å². The van der Waals surface area contributed by atoms with Gasteiger partial charge in [-0.25, -0.2) is 0 Å². The minimum absolute atomic E-state index is 0.157. The molecular weight excluding hydrogens is 204 g/mol. The molecule has 4 nitrogen and oxygen atoms in total. The maximum absolute atomic E-state index is 10.3. The van der Waals surface area contributed by atoms with Crippen LogP contribution in [0.1, 0.15) is 12.0 Å². The van der Waals surface area contributed by atoms with E-state index in [4.69, 9.17) is 5.11 Å². The Balaban J connectivity index is 1.91. The van der Waals surface area contributed by atoms with E-state index in [9.17, 15) is 4.79 Å². The fourth-order valence-corrected chi connectivity index (χ4v) is 1.63. The van der Waals surface area contributed by atoms with E-state index < -0.39 is 5.97 Å². The summed E-state index contributed by atoms with van der Waals surface area (Å²) in [7, 11) is 0. The largest absolute Gasteiger partial charge is 0.481 e. The molecule has 0 bridgehead atoms. The Kier molecular flexibility index (Phi) is 3.22. The van der Waals surface area contributed by atoms with E-state index in [1.54, 1.807) is 0 Å². The number of H-pyrrole nitrogens is 1. The van der Waals surface area contributed by atoms with Gasteiger partial charge in [0.15, 0.2) is 0 Å². The number of benzene rings is 1. The number of nitrogens with one attached hydrogen (secondary N) is 2. The van der Waals surface area contributed by atoms with Crippen molar-refractivity contribution in [2.75, 3.05) is 6.54 Å². The molecule has 0 fully saturated rings. The molecule has 84 valence electrons. The maximum Gasteiger partial charge on any atom is 0.304 e. The molecule has 0 saturated heterocycles. The summed E-state index contributed by atoms with van der Waals surface area (Å²) in [5.74, 6) is -0.771. The van der Waals surface area contributed by atoms with Gasteiger partial charge in [-0.3, -0.25) is 4.79 Å². The van der Waals surface area contributed by atoms with E-state index >= 15 is 0 Å². The van der Waals surface area contributed by atoms with Gasteiger partial charge in [0.25, 0.3) is 0 Å². The van der Waals surface area contributed by atoms with Gasteiger partial charge in [-0.05, 0) is 23.1 Å². The molecular formula is C12H14N2O2. The summed E-state index contributed by atoms with van der Waals surface area (Å²) in [4.78, 5) is 13.5. The summed E-state index contributed by atoms with van der Waals surface area (Å²) in [6.45, 7) is 1.19. The minimum atomic E-state index is -0.771. The van der Waals surface area contributed by atoms with Gasteiger partial charge in [-0.2, -0.15) is 0 Å². The summed E-state index contributed by atoms with van der Waals surface area (Å²) in [6.07, 6.45) is 2.07. The first kappa shape index (κ1) is 10.7. The highest BCUT2D eigenvalue weighted by atomic mass is 16.4. The lowest BCUT2D eigenvalue weighted by Gasteiger charge is -2.03. The van der Waals surface area contributed by atoms with Crippen molar-refractivity contribution >= 4 is 16.9 Å². The Bertz CT molecular complexity index is 490. The highest BCUT2D eigenvalue weighted by molar-refractivity contribution is 5.79. The number of carbonyl (C=O) groups is 1. The molecule has 16 heavy (non-hydrogen) atoms. The van der Waals surface area contributed by atoms with Gasteiger partial charge in [0, 0.05) is 24.8 Å². The Hall–Kier alpha value is -1.81. The first-order valence-corrected chi connectivity index (χ1v) is 5.24. The van der Waals surface area contributed by atoms with E-state index in [1.807, 2.05) is 18.3 Å². The van der Waals surface area contributed by atoms with Crippen LogP contribution in [0, 0.1) is 0 Å². The number of hydrogen-bond acceptors (Lipinski definition) is 2. The molecule has 0 spiro atoms. The smallest absolute Gasteiger partial charge is 0.304 e. The summed E-state index contributed by atoms with van der Waals surface area (Å²) < 4.78 is 0. The highest BCUT2D eigenvalue weighted by Gasteiger charge is 1.98. The van der Waals surface area contributed by atoms with Crippen LogP contribution in [0.3, 0.4) is 0 Å². The lowest BCUT2D eigenvalue weighted by atomic mass is 10.1. The lowest BCUT2D eigenvalue weighted by molar-refractivity contribution is -0.136. The number of carboxylic acid groups (broad SMARTS) is 1. The monoisotopic (exact) mass is 218 g/mol. The SMILES string of the molecule is O=C(O)CCNCc1ccc2cc[nH]c2c1. The zero-order valence-corrected chi connectivity index (χ0v) is 8.86. The van der Waals surface area contributed by atoms with E-state index in [1.165, 1.54) is 5.39 Å². The number of aromatic nitrogens is 1. The van der Waals surface area contributed by atoms with Crippen LogP contribution in [0.2, 0.25) is 0 Å². The average Bonchev–Trinajstić information content (AvgIpc) is 2.71. The molecule has 0 aliphatic rings. The molecule has 4 heteroatoms. The molecule has 1 heterocycles. The van der Waals surface area contributed by atoms with Crippen molar-refractivity contribution in [3.63, 3.8) is 0 Å². The summed E-state index contributed by atoms with van der Waals surface area (Å²) >= 11 is 0. The van der Waals surface area contributed by atoms with Gasteiger partial charge in [0.05, 0.1) is 6.42 Å². The third-order valence-corrected chi connectivity index (χ3v) is 2.46.